The van der Waals surface area contributed by atoms with Crippen LogP contribution >= 0.6 is 11.6 Å². The zero-order valence-electron chi connectivity index (χ0n) is 16.4. The SMILES string of the molecule is CN(CC(=O)NC1CC1)CC(=O)N1CCN(CCOc2ccc(Cl)cc2)CC1. The number of hydrogen-bond donors (Lipinski definition) is 1. The Hall–Kier alpha value is -1.83. The summed E-state index contributed by atoms with van der Waals surface area (Å²) in [6.45, 7) is 5.06. The van der Waals surface area contributed by atoms with Crippen LogP contribution in [-0.2, 0) is 9.59 Å². The third-order valence-electron chi connectivity index (χ3n) is 4.98. The summed E-state index contributed by atoms with van der Waals surface area (Å²) in [5, 5.41) is 3.64. The lowest BCUT2D eigenvalue weighted by molar-refractivity contribution is -0.134. The number of hydrogen-bond acceptors (Lipinski definition) is 5. The van der Waals surface area contributed by atoms with Gasteiger partial charge in [0.2, 0.25) is 11.8 Å². The summed E-state index contributed by atoms with van der Waals surface area (Å²) in [7, 11) is 1.81. The van der Waals surface area contributed by atoms with Crippen molar-refractivity contribution in [2.24, 2.45) is 0 Å². The molecule has 0 unspecified atom stereocenters. The Balaban J connectivity index is 1.29. The Labute approximate surface area is 171 Å². The lowest BCUT2D eigenvalue weighted by Crippen LogP contribution is -2.52. The van der Waals surface area contributed by atoms with Crippen LogP contribution in [0.25, 0.3) is 0 Å². The molecule has 0 spiro atoms. The van der Waals surface area contributed by atoms with Crippen LogP contribution in [0.3, 0.4) is 0 Å². The highest BCUT2D eigenvalue weighted by atomic mass is 35.5. The Kier molecular flexibility index (Phi) is 7.53. The van der Waals surface area contributed by atoms with Crippen molar-refractivity contribution >= 4 is 23.4 Å². The molecule has 0 aromatic heterocycles. The van der Waals surface area contributed by atoms with Crippen LogP contribution in [0.5, 0.6) is 5.75 Å². The summed E-state index contributed by atoms with van der Waals surface area (Å²) in [6, 6.07) is 7.70. The molecule has 1 aromatic rings. The van der Waals surface area contributed by atoms with Gasteiger partial charge in [-0.15, -0.1) is 0 Å². The number of rotatable bonds is 9. The Morgan fingerprint density at radius 2 is 1.82 bits per heavy atom. The summed E-state index contributed by atoms with van der Waals surface area (Å²) in [6.07, 6.45) is 2.15. The minimum absolute atomic E-state index is 0.00306. The summed E-state index contributed by atoms with van der Waals surface area (Å²) in [5.74, 6) is 0.897. The Morgan fingerprint density at radius 1 is 1.14 bits per heavy atom. The lowest BCUT2D eigenvalue weighted by Gasteiger charge is -2.35. The molecule has 1 aromatic carbocycles. The van der Waals surface area contributed by atoms with Gasteiger partial charge in [0.1, 0.15) is 12.4 Å². The van der Waals surface area contributed by atoms with Crippen LogP contribution in [0, 0.1) is 0 Å². The highest BCUT2D eigenvalue weighted by Gasteiger charge is 2.25. The van der Waals surface area contributed by atoms with Crippen molar-refractivity contribution in [3.63, 3.8) is 0 Å². The number of amides is 2. The van der Waals surface area contributed by atoms with E-state index in [1.165, 1.54) is 0 Å². The first-order valence-corrected chi connectivity index (χ1v) is 10.2. The minimum atomic E-state index is 0.00306. The molecule has 3 rings (SSSR count). The van der Waals surface area contributed by atoms with Gasteiger partial charge in [0, 0.05) is 43.8 Å². The molecule has 28 heavy (non-hydrogen) atoms. The number of carbonyl (C=O) groups is 2. The predicted octanol–water partition coefficient (Wildman–Crippen LogP) is 1.07. The van der Waals surface area contributed by atoms with Crippen LogP contribution in [0.4, 0.5) is 0 Å². The number of carbonyl (C=O) groups excluding carboxylic acids is 2. The fraction of sp³-hybridized carbons (Fsp3) is 0.600. The van der Waals surface area contributed by atoms with E-state index in [1.807, 2.05) is 36.2 Å². The third kappa shape index (κ3) is 6.96. The first-order valence-electron chi connectivity index (χ1n) is 9.86. The van der Waals surface area contributed by atoms with Crippen molar-refractivity contribution in [1.29, 1.82) is 0 Å². The zero-order chi connectivity index (χ0) is 19.9. The van der Waals surface area contributed by atoms with Gasteiger partial charge in [-0.1, -0.05) is 11.6 Å². The maximum atomic E-state index is 12.5. The van der Waals surface area contributed by atoms with E-state index in [-0.39, 0.29) is 24.9 Å². The molecular weight excluding hydrogens is 380 g/mol. The molecule has 1 aliphatic heterocycles. The number of nitrogens with zero attached hydrogens (tertiary/aromatic N) is 3. The second-order valence-corrected chi connectivity index (χ2v) is 7.98. The van der Waals surface area contributed by atoms with Gasteiger partial charge in [0.25, 0.3) is 0 Å². The average molecular weight is 409 g/mol. The van der Waals surface area contributed by atoms with Crippen LogP contribution in [0.15, 0.2) is 24.3 Å². The second kappa shape index (κ2) is 10.1. The van der Waals surface area contributed by atoms with Crippen LogP contribution in [0.1, 0.15) is 12.8 Å². The number of ether oxygens (including phenoxy) is 1. The summed E-state index contributed by atoms with van der Waals surface area (Å²) in [5.41, 5.74) is 0. The lowest BCUT2D eigenvalue weighted by atomic mass is 10.3. The van der Waals surface area contributed by atoms with Crippen molar-refractivity contribution in [2.45, 2.75) is 18.9 Å². The Bertz CT molecular complexity index is 658. The predicted molar refractivity (Wildman–Crippen MR) is 109 cm³/mol. The van der Waals surface area contributed by atoms with E-state index < -0.39 is 0 Å². The zero-order valence-corrected chi connectivity index (χ0v) is 17.2. The quantitative estimate of drug-likeness (QED) is 0.662. The van der Waals surface area contributed by atoms with Gasteiger partial charge in [0.05, 0.1) is 13.1 Å². The van der Waals surface area contributed by atoms with E-state index >= 15 is 0 Å². The van der Waals surface area contributed by atoms with E-state index in [4.69, 9.17) is 16.3 Å². The van der Waals surface area contributed by atoms with Crippen LogP contribution in [-0.4, -0.2) is 92.0 Å². The molecule has 0 atom stereocenters. The van der Waals surface area contributed by atoms with Gasteiger partial charge in [-0.25, -0.2) is 0 Å². The van der Waals surface area contributed by atoms with Gasteiger partial charge < -0.3 is 15.0 Å². The number of likely N-dealkylation sites (N-methyl/N-ethyl adjacent to an activating group) is 1. The molecule has 7 nitrogen and oxygen atoms in total. The molecule has 2 aliphatic rings. The molecule has 1 N–H and O–H groups in total. The molecule has 2 fully saturated rings. The van der Waals surface area contributed by atoms with Crippen molar-refractivity contribution in [3.05, 3.63) is 29.3 Å². The fourth-order valence-electron chi connectivity index (χ4n) is 3.18. The largest absolute Gasteiger partial charge is 0.492 e. The molecule has 0 radical (unpaired) electrons. The second-order valence-electron chi connectivity index (χ2n) is 7.54. The maximum absolute atomic E-state index is 12.5. The first-order chi connectivity index (χ1) is 13.5. The molecule has 0 bridgehead atoms. The highest BCUT2D eigenvalue weighted by molar-refractivity contribution is 6.30. The standard InChI is InChI=1S/C20H29ClN4O3/c1-23(14-19(26)22-17-4-5-17)15-20(27)25-10-8-24(9-11-25)12-13-28-18-6-2-16(21)3-7-18/h2-3,6-7,17H,4-5,8-15H2,1H3,(H,22,26). The number of piperazine rings is 1. The fourth-order valence-corrected chi connectivity index (χ4v) is 3.30. The number of nitrogens with one attached hydrogen (secondary N) is 1. The van der Waals surface area contributed by atoms with E-state index in [0.717, 1.165) is 38.2 Å². The Morgan fingerprint density at radius 3 is 2.46 bits per heavy atom. The molecule has 8 heteroatoms. The van der Waals surface area contributed by atoms with Gasteiger partial charge >= 0.3 is 0 Å². The summed E-state index contributed by atoms with van der Waals surface area (Å²) < 4.78 is 5.73. The average Bonchev–Trinajstić information content (AvgIpc) is 3.47. The van der Waals surface area contributed by atoms with Crippen molar-refractivity contribution in [1.82, 2.24) is 20.0 Å². The van der Waals surface area contributed by atoms with E-state index in [0.29, 0.717) is 30.8 Å². The smallest absolute Gasteiger partial charge is 0.236 e. The molecule has 1 heterocycles. The minimum Gasteiger partial charge on any atom is -0.492 e. The highest BCUT2D eigenvalue weighted by Crippen LogP contribution is 2.18. The first kappa shape index (κ1) is 20.9. The maximum Gasteiger partial charge on any atom is 0.236 e. The van der Waals surface area contributed by atoms with E-state index in [9.17, 15) is 9.59 Å². The van der Waals surface area contributed by atoms with E-state index in [2.05, 4.69) is 10.2 Å². The van der Waals surface area contributed by atoms with Crippen LogP contribution in [0.2, 0.25) is 5.02 Å². The third-order valence-corrected chi connectivity index (χ3v) is 5.23. The van der Waals surface area contributed by atoms with E-state index in [1.54, 1.807) is 4.90 Å². The molecule has 1 aliphatic carbocycles. The number of halogens is 1. The van der Waals surface area contributed by atoms with Gasteiger partial charge in [-0.3, -0.25) is 19.4 Å². The van der Waals surface area contributed by atoms with Gasteiger partial charge in [-0.2, -0.15) is 0 Å². The summed E-state index contributed by atoms with van der Waals surface area (Å²) in [4.78, 5) is 30.2. The monoisotopic (exact) mass is 408 g/mol. The topological polar surface area (TPSA) is 65.1 Å². The van der Waals surface area contributed by atoms with Crippen molar-refractivity contribution < 1.29 is 14.3 Å². The molecule has 1 saturated heterocycles. The molecule has 2 amide bonds. The molecular formula is C20H29ClN4O3. The summed E-state index contributed by atoms with van der Waals surface area (Å²) >= 11 is 5.87. The molecule has 1 saturated carbocycles. The van der Waals surface area contributed by atoms with Gasteiger partial charge in [-0.05, 0) is 44.2 Å². The van der Waals surface area contributed by atoms with Gasteiger partial charge in [0.15, 0.2) is 0 Å². The van der Waals surface area contributed by atoms with Crippen LogP contribution < -0.4 is 10.1 Å². The van der Waals surface area contributed by atoms with Crippen molar-refractivity contribution in [2.75, 3.05) is 59.5 Å². The van der Waals surface area contributed by atoms with Crippen molar-refractivity contribution in [3.8, 4) is 5.75 Å². The molecule has 154 valence electrons. The number of benzene rings is 1. The normalized spacial score (nSPS) is 17.6.